The Morgan fingerprint density at radius 3 is 2.67 bits per heavy atom. The molecule has 0 saturated carbocycles. The fourth-order valence-corrected chi connectivity index (χ4v) is 4.40. The Labute approximate surface area is 174 Å². The van der Waals surface area contributed by atoms with Gasteiger partial charge in [-0.2, -0.15) is 4.39 Å². The van der Waals surface area contributed by atoms with Crippen LogP contribution in [0.4, 0.5) is 13.2 Å². The Bertz CT molecular complexity index is 928. The predicted molar refractivity (Wildman–Crippen MR) is 107 cm³/mol. The number of fused-ring (bicyclic) bond motifs is 1. The summed E-state index contributed by atoms with van der Waals surface area (Å²) in [7, 11) is 0. The molecule has 0 aliphatic carbocycles. The highest BCUT2D eigenvalue weighted by atomic mass is 19.1. The van der Waals surface area contributed by atoms with Gasteiger partial charge < -0.3 is 10.6 Å². The number of nitrogens with one attached hydrogen (secondary N) is 2. The van der Waals surface area contributed by atoms with Crippen LogP contribution in [0.1, 0.15) is 45.7 Å². The summed E-state index contributed by atoms with van der Waals surface area (Å²) in [6.45, 7) is 7.22. The SMILES string of the molecule is CC[N+]1=CCC2NC(=O)C([C@H](C)C(=O)N[C@@H](C)c3ccc(F)cc3F)=C(C)C2C1F. The number of rotatable bonds is 5. The van der Waals surface area contributed by atoms with Gasteiger partial charge in [-0.15, -0.1) is 0 Å². The molecule has 2 amide bonds. The highest BCUT2D eigenvalue weighted by molar-refractivity contribution is 6.01. The molecule has 0 bridgehead atoms. The Morgan fingerprint density at radius 1 is 1.33 bits per heavy atom. The second-order valence-corrected chi connectivity index (χ2v) is 7.94. The number of hydrogen-bond donors (Lipinski definition) is 2. The van der Waals surface area contributed by atoms with Gasteiger partial charge in [-0.1, -0.05) is 6.07 Å². The summed E-state index contributed by atoms with van der Waals surface area (Å²) in [5.74, 6) is -3.73. The minimum absolute atomic E-state index is 0.140. The van der Waals surface area contributed by atoms with Gasteiger partial charge in [0.25, 0.3) is 0 Å². The van der Waals surface area contributed by atoms with Gasteiger partial charge in [0, 0.05) is 23.6 Å². The van der Waals surface area contributed by atoms with E-state index in [0.29, 0.717) is 18.5 Å². The van der Waals surface area contributed by atoms with Crippen LogP contribution in [0.15, 0.2) is 29.3 Å². The van der Waals surface area contributed by atoms with E-state index >= 15 is 4.39 Å². The molecule has 5 atom stereocenters. The molecule has 0 spiro atoms. The van der Waals surface area contributed by atoms with E-state index < -0.39 is 41.7 Å². The van der Waals surface area contributed by atoms with E-state index in [1.165, 1.54) is 6.07 Å². The maximum Gasteiger partial charge on any atom is 0.302 e. The lowest BCUT2D eigenvalue weighted by atomic mass is 9.78. The normalized spacial score (nSPS) is 25.8. The van der Waals surface area contributed by atoms with E-state index in [1.807, 2.05) is 6.92 Å². The zero-order chi connectivity index (χ0) is 22.2. The molecule has 1 aromatic rings. The molecule has 30 heavy (non-hydrogen) atoms. The number of carbonyl (C=O) groups is 2. The molecule has 8 heteroatoms. The van der Waals surface area contributed by atoms with Crippen LogP contribution >= 0.6 is 0 Å². The monoisotopic (exact) mass is 422 g/mol. The Balaban J connectivity index is 1.83. The maximum absolute atomic E-state index is 15.0. The van der Waals surface area contributed by atoms with Crippen molar-refractivity contribution < 1.29 is 27.3 Å². The fraction of sp³-hybridized carbons (Fsp3) is 0.500. The van der Waals surface area contributed by atoms with Gasteiger partial charge in [0.2, 0.25) is 11.8 Å². The van der Waals surface area contributed by atoms with Crippen molar-refractivity contribution in [2.75, 3.05) is 6.54 Å². The summed E-state index contributed by atoms with van der Waals surface area (Å²) < 4.78 is 43.8. The van der Waals surface area contributed by atoms with E-state index in [4.69, 9.17) is 0 Å². The second kappa shape index (κ2) is 8.62. The Kier molecular flexibility index (Phi) is 6.33. The molecule has 0 aromatic heterocycles. The van der Waals surface area contributed by atoms with Crippen LogP contribution in [-0.4, -0.2) is 41.5 Å². The molecule has 2 aliphatic heterocycles. The minimum atomic E-state index is -1.29. The van der Waals surface area contributed by atoms with Gasteiger partial charge in [0.15, 0.2) is 0 Å². The number of halogens is 3. The molecule has 3 rings (SSSR count). The number of alkyl halides is 1. The molecule has 0 fully saturated rings. The lowest BCUT2D eigenvalue weighted by Crippen LogP contribution is -2.56. The molecule has 0 saturated heterocycles. The second-order valence-electron chi connectivity index (χ2n) is 7.94. The van der Waals surface area contributed by atoms with Crippen LogP contribution < -0.4 is 10.6 Å². The van der Waals surface area contributed by atoms with Gasteiger partial charge >= 0.3 is 6.30 Å². The van der Waals surface area contributed by atoms with Crippen molar-refractivity contribution in [3.05, 3.63) is 46.5 Å². The van der Waals surface area contributed by atoms with Crippen LogP contribution in [0, 0.1) is 23.5 Å². The van der Waals surface area contributed by atoms with Crippen molar-refractivity contribution >= 4 is 18.0 Å². The van der Waals surface area contributed by atoms with Crippen molar-refractivity contribution in [2.24, 2.45) is 11.8 Å². The third-order valence-electron chi connectivity index (χ3n) is 6.11. The smallest absolute Gasteiger partial charge is 0.302 e. The molecule has 2 aliphatic rings. The number of hydrogen-bond acceptors (Lipinski definition) is 2. The number of nitrogens with zero attached hydrogens (tertiary/aromatic N) is 1. The summed E-state index contributed by atoms with van der Waals surface area (Å²) >= 11 is 0. The van der Waals surface area contributed by atoms with Gasteiger partial charge in [-0.3, -0.25) is 9.59 Å². The summed E-state index contributed by atoms with van der Waals surface area (Å²) in [5, 5.41) is 5.51. The van der Waals surface area contributed by atoms with E-state index in [9.17, 15) is 18.4 Å². The molecular formula is C22H27F3N3O2+. The van der Waals surface area contributed by atoms with Crippen molar-refractivity contribution in [3.8, 4) is 0 Å². The highest BCUT2D eigenvalue weighted by Crippen LogP contribution is 2.35. The molecule has 0 radical (unpaired) electrons. The van der Waals surface area contributed by atoms with E-state index in [2.05, 4.69) is 10.6 Å². The zero-order valence-electron chi connectivity index (χ0n) is 17.5. The van der Waals surface area contributed by atoms with Crippen LogP contribution in [0.25, 0.3) is 0 Å². The van der Waals surface area contributed by atoms with Crippen LogP contribution in [0.5, 0.6) is 0 Å². The fourth-order valence-electron chi connectivity index (χ4n) is 4.40. The Morgan fingerprint density at radius 2 is 2.03 bits per heavy atom. The minimum Gasteiger partial charge on any atom is -0.349 e. The number of benzene rings is 1. The van der Waals surface area contributed by atoms with Gasteiger partial charge in [-0.25, -0.2) is 13.4 Å². The standard InChI is InChI=1S/C22H26F3N3O2/c1-5-28-9-8-17-19(20(28)25)11(2)18(22(30)27-17)12(3)21(29)26-13(4)15-7-6-14(23)10-16(15)24/h6-7,9-10,12-13,17,19-20H,5,8H2,1-4H3,(H-,26,27,29,30)/p+1/t12-,13-,17?,19?,20?/m0/s1. The van der Waals surface area contributed by atoms with Crippen molar-refractivity contribution in [1.82, 2.24) is 10.6 Å². The molecule has 2 heterocycles. The molecule has 1 aromatic carbocycles. The molecular weight excluding hydrogens is 395 g/mol. The number of amides is 2. The first kappa shape index (κ1) is 22.1. The third-order valence-corrected chi connectivity index (χ3v) is 6.11. The lowest BCUT2D eigenvalue weighted by molar-refractivity contribution is -0.600. The van der Waals surface area contributed by atoms with Crippen LogP contribution in [-0.2, 0) is 9.59 Å². The van der Waals surface area contributed by atoms with Crippen LogP contribution in [0.3, 0.4) is 0 Å². The highest BCUT2D eigenvalue weighted by Gasteiger charge is 2.47. The molecule has 3 unspecified atom stereocenters. The Hall–Kier alpha value is -2.64. The quantitative estimate of drug-likeness (QED) is 0.566. The zero-order valence-corrected chi connectivity index (χ0v) is 17.5. The predicted octanol–water partition coefficient (Wildman–Crippen LogP) is 3.01. The summed E-state index contributed by atoms with van der Waals surface area (Å²) in [4.78, 5) is 25.5. The first-order chi connectivity index (χ1) is 14.1. The third kappa shape index (κ3) is 4.00. The number of carbonyl (C=O) groups excluding carboxylic acids is 2. The first-order valence-electron chi connectivity index (χ1n) is 10.2. The van der Waals surface area contributed by atoms with E-state index in [0.717, 1.165) is 12.1 Å². The van der Waals surface area contributed by atoms with Crippen molar-refractivity contribution in [3.63, 3.8) is 0 Å². The first-order valence-corrected chi connectivity index (χ1v) is 10.2. The van der Waals surface area contributed by atoms with Crippen molar-refractivity contribution in [2.45, 2.75) is 52.5 Å². The van der Waals surface area contributed by atoms with E-state index in [-0.39, 0.29) is 23.1 Å². The maximum atomic E-state index is 15.0. The van der Waals surface area contributed by atoms with Crippen LogP contribution in [0.2, 0.25) is 0 Å². The summed E-state index contributed by atoms with van der Waals surface area (Å²) in [6, 6.07) is 2.07. The largest absolute Gasteiger partial charge is 0.349 e. The van der Waals surface area contributed by atoms with Gasteiger partial charge in [0.1, 0.15) is 24.4 Å². The van der Waals surface area contributed by atoms with Gasteiger partial charge in [-0.05, 0) is 39.3 Å². The molecule has 5 nitrogen and oxygen atoms in total. The summed E-state index contributed by atoms with van der Waals surface area (Å²) in [5.41, 5.74) is 0.938. The lowest BCUT2D eigenvalue weighted by Gasteiger charge is -2.37. The topological polar surface area (TPSA) is 61.2 Å². The molecule has 162 valence electrons. The van der Waals surface area contributed by atoms with Crippen molar-refractivity contribution in [1.29, 1.82) is 0 Å². The van der Waals surface area contributed by atoms with Gasteiger partial charge in [0.05, 0.1) is 23.9 Å². The average molecular weight is 422 g/mol. The van der Waals surface area contributed by atoms with E-state index in [1.54, 1.807) is 31.6 Å². The summed E-state index contributed by atoms with van der Waals surface area (Å²) in [6.07, 6.45) is 1.00. The average Bonchev–Trinajstić information content (AvgIpc) is 2.67. The molecule has 2 N–H and O–H groups in total.